The van der Waals surface area contributed by atoms with Crippen LogP contribution < -0.4 is 4.90 Å². The summed E-state index contributed by atoms with van der Waals surface area (Å²) in [4.78, 5) is 14.6. The van der Waals surface area contributed by atoms with Gasteiger partial charge in [-0.05, 0) is 48.6 Å². The lowest BCUT2D eigenvalue weighted by Crippen LogP contribution is -2.50. The van der Waals surface area contributed by atoms with E-state index < -0.39 is 21.9 Å². The first kappa shape index (κ1) is 16.1. The van der Waals surface area contributed by atoms with Crippen molar-refractivity contribution in [2.75, 3.05) is 11.4 Å². The Hall–Kier alpha value is -2.41. The monoisotopic (exact) mass is 360 g/mol. The van der Waals surface area contributed by atoms with Crippen molar-refractivity contribution in [1.82, 2.24) is 4.31 Å². The number of rotatable bonds is 4. The second-order valence-corrected chi connectivity index (χ2v) is 8.27. The number of sulfonamides is 1. The molecule has 0 atom stereocenters. The smallest absolute Gasteiger partial charge is 0.292 e. The van der Waals surface area contributed by atoms with Crippen LogP contribution in [0.1, 0.15) is 18.4 Å². The highest BCUT2D eigenvalue weighted by atomic mass is 32.2. The molecule has 0 bridgehead atoms. The van der Waals surface area contributed by atoms with E-state index in [1.807, 2.05) is 0 Å². The number of fused-ring (bicyclic) bond motifs is 1. The Bertz CT molecular complexity index is 924. The Kier molecular flexibility index (Phi) is 3.76. The first-order valence-corrected chi connectivity index (χ1v) is 9.58. The zero-order valence-electron chi connectivity index (χ0n) is 13.4. The Morgan fingerprint density at radius 1 is 1.04 bits per heavy atom. The van der Waals surface area contributed by atoms with Gasteiger partial charge in [-0.25, -0.2) is 21.9 Å². The van der Waals surface area contributed by atoms with Crippen molar-refractivity contribution >= 4 is 21.7 Å². The van der Waals surface area contributed by atoms with Gasteiger partial charge in [0.2, 0.25) is 0 Å². The highest BCUT2D eigenvalue weighted by Gasteiger charge is 2.42. The second kappa shape index (κ2) is 5.84. The lowest BCUT2D eigenvalue weighted by molar-refractivity contribution is 0.226. The second-order valence-electron chi connectivity index (χ2n) is 6.44. The summed E-state index contributed by atoms with van der Waals surface area (Å²) in [5.41, 5.74) is 0.999. The maximum atomic E-state index is 13.1. The Morgan fingerprint density at radius 3 is 2.40 bits per heavy atom. The summed E-state index contributed by atoms with van der Waals surface area (Å²) < 4.78 is 39.9. The molecule has 1 aliphatic heterocycles. The molecule has 1 saturated carbocycles. The molecule has 0 radical (unpaired) electrons. The molecule has 5 nitrogen and oxygen atoms in total. The van der Waals surface area contributed by atoms with E-state index in [1.54, 1.807) is 23.1 Å². The first-order chi connectivity index (χ1) is 12.0. The van der Waals surface area contributed by atoms with Gasteiger partial charge in [0, 0.05) is 6.54 Å². The van der Waals surface area contributed by atoms with Crippen molar-refractivity contribution < 1.29 is 17.6 Å². The molecule has 1 fully saturated rings. The molecule has 4 rings (SSSR count). The Labute approximate surface area is 145 Å². The lowest BCUT2D eigenvalue weighted by atomic mass is 10.2. The van der Waals surface area contributed by atoms with Crippen LogP contribution >= 0.6 is 0 Å². The molecule has 2 amide bonds. The number of amides is 2. The normalized spacial score (nSPS) is 19.0. The number of benzene rings is 2. The predicted octanol–water partition coefficient (Wildman–Crippen LogP) is 3.37. The van der Waals surface area contributed by atoms with Crippen molar-refractivity contribution in [2.45, 2.75) is 24.3 Å². The predicted molar refractivity (Wildman–Crippen MR) is 91.0 cm³/mol. The van der Waals surface area contributed by atoms with Crippen LogP contribution in [0, 0.1) is 11.7 Å². The SMILES string of the molecule is O=C1N(CC2CC2)c2ccccc2S(=O)(=O)N1Cc1ccc(F)cc1. The van der Waals surface area contributed by atoms with Gasteiger partial charge in [-0.15, -0.1) is 0 Å². The molecule has 2 aromatic carbocycles. The van der Waals surface area contributed by atoms with Gasteiger partial charge in [-0.3, -0.25) is 4.90 Å². The minimum atomic E-state index is -3.94. The standard InChI is InChI=1S/C18H17FN2O3S/c19-15-9-7-14(8-10-15)12-21-18(22)20(11-13-5-6-13)16-3-1-2-4-17(16)25(21,23)24/h1-4,7-10,13H,5-6,11-12H2. The summed E-state index contributed by atoms with van der Waals surface area (Å²) in [5, 5.41) is 0. The van der Waals surface area contributed by atoms with E-state index in [-0.39, 0.29) is 11.4 Å². The minimum absolute atomic E-state index is 0.114. The molecule has 2 aliphatic rings. The van der Waals surface area contributed by atoms with Crippen LogP contribution in [-0.4, -0.2) is 25.3 Å². The van der Waals surface area contributed by atoms with E-state index >= 15 is 0 Å². The third kappa shape index (κ3) is 2.89. The fourth-order valence-corrected chi connectivity index (χ4v) is 4.55. The van der Waals surface area contributed by atoms with Crippen LogP contribution in [0.3, 0.4) is 0 Å². The zero-order chi connectivity index (χ0) is 17.6. The van der Waals surface area contributed by atoms with Crippen LogP contribution in [0.2, 0.25) is 0 Å². The summed E-state index contributed by atoms with van der Waals surface area (Å²) in [6, 6.07) is 11.5. The van der Waals surface area contributed by atoms with Gasteiger partial charge < -0.3 is 0 Å². The van der Waals surface area contributed by atoms with Gasteiger partial charge in [-0.2, -0.15) is 0 Å². The number of para-hydroxylation sites is 1. The van der Waals surface area contributed by atoms with Crippen LogP contribution in [0.25, 0.3) is 0 Å². The lowest BCUT2D eigenvalue weighted by Gasteiger charge is -2.36. The average molecular weight is 360 g/mol. The number of hydrogen-bond donors (Lipinski definition) is 0. The fourth-order valence-electron chi connectivity index (χ4n) is 3.00. The van der Waals surface area contributed by atoms with E-state index in [0.29, 0.717) is 23.7 Å². The molecule has 0 spiro atoms. The summed E-state index contributed by atoms with van der Waals surface area (Å²) >= 11 is 0. The highest BCUT2D eigenvalue weighted by Crippen LogP contribution is 2.38. The zero-order valence-corrected chi connectivity index (χ0v) is 14.2. The Morgan fingerprint density at radius 2 is 1.72 bits per heavy atom. The van der Waals surface area contributed by atoms with Gasteiger partial charge in [0.05, 0.1) is 12.2 Å². The maximum absolute atomic E-state index is 13.1. The molecule has 7 heteroatoms. The van der Waals surface area contributed by atoms with E-state index in [0.717, 1.165) is 17.1 Å². The van der Waals surface area contributed by atoms with Gasteiger partial charge in [0.25, 0.3) is 10.0 Å². The molecule has 0 saturated heterocycles. The third-order valence-corrected chi connectivity index (χ3v) is 6.31. The molecule has 130 valence electrons. The molecule has 2 aromatic rings. The largest absolute Gasteiger partial charge is 0.338 e. The van der Waals surface area contributed by atoms with Gasteiger partial charge >= 0.3 is 6.03 Å². The van der Waals surface area contributed by atoms with Gasteiger partial charge in [-0.1, -0.05) is 24.3 Å². The number of carbonyl (C=O) groups excluding carboxylic acids is 1. The van der Waals surface area contributed by atoms with Crippen molar-refractivity contribution in [3.8, 4) is 0 Å². The van der Waals surface area contributed by atoms with Crippen LogP contribution in [0.4, 0.5) is 14.9 Å². The van der Waals surface area contributed by atoms with E-state index in [9.17, 15) is 17.6 Å². The van der Waals surface area contributed by atoms with E-state index in [1.165, 1.54) is 30.3 Å². The molecule has 0 unspecified atom stereocenters. The quantitative estimate of drug-likeness (QED) is 0.840. The van der Waals surface area contributed by atoms with Crippen molar-refractivity contribution in [3.63, 3.8) is 0 Å². The summed E-state index contributed by atoms with van der Waals surface area (Å²) in [6.07, 6.45) is 2.10. The highest BCUT2D eigenvalue weighted by molar-refractivity contribution is 7.90. The number of halogens is 1. The summed E-state index contributed by atoms with van der Waals surface area (Å²) in [5.74, 6) is 0.0164. The number of anilines is 1. The molecule has 0 N–H and O–H groups in total. The molecule has 1 aliphatic carbocycles. The average Bonchev–Trinajstić information content (AvgIpc) is 3.42. The number of nitrogens with zero attached hydrogens (tertiary/aromatic N) is 2. The van der Waals surface area contributed by atoms with E-state index in [4.69, 9.17) is 0 Å². The molecular weight excluding hydrogens is 343 g/mol. The third-order valence-electron chi connectivity index (χ3n) is 4.55. The van der Waals surface area contributed by atoms with Crippen molar-refractivity contribution in [3.05, 3.63) is 59.9 Å². The molecule has 25 heavy (non-hydrogen) atoms. The van der Waals surface area contributed by atoms with Crippen LogP contribution in [-0.2, 0) is 16.6 Å². The number of hydrogen-bond acceptors (Lipinski definition) is 3. The summed E-state index contributed by atoms with van der Waals surface area (Å²) in [6.45, 7) is 0.405. The molecular formula is C18H17FN2O3S. The number of urea groups is 1. The molecule has 0 aromatic heterocycles. The minimum Gasteiger partial charge on any atom is -0.292 e. The summed E-state index contributed by atoms with van der Waals surface area (Å²) in [7, 11) is -3.94. The topological polar surface area (TPSA) is 57.7 Å². The first-order valence-electron chi connectivity index (χ1n) is 8.14. The van der Waals surface area contributed by atoms with Crippen molar-refractivity contribution in [2.24, 2.45) is 5.92 Å². The van der Waals surface area contributed by atoms with Gasteiger partial charge in [0.1, 0.15) is 10.7 Å². The van der Waals surface area contributed by atoms with Crippen LogP contribution in [0.5, 0.6) is 0 Å². The molecule has 1 heterocycles. The van der Waals surface area contributed by atoms with Crippen LogP contribution in [0.15, 0.2) is 53.4 Å². The maximum Gasteiger partial charge on any atom is 0.338 e. The fraction of sp³-hybridized carbons (Fsp3) is 0.278. The van der Waals surface area contributed by atoms with Crippen molar-refractivity contribution in [1.29, 1.82) is 0 Å². The van der Waals surface area contributed by atoms with Gasteiger partial charge in [0.15, 0.2) is 0 Å². The number of carbonyl (C=O) groups is 1. The van der Waals surface area contributed by atoms with E-state index in [2.05, 4.69) is 0 Å². The Balaban J connectivity index is 1.75.